The van der Waals surface area contributed by atoms with E-state index in [2.05, 4.69) is 6.92 Å². The highest BCUT2D eigenvalue weighted by molar-refractivity contribution is 4.75. The van der Waals surface area contributed by atoms with Gasteiger partial charge in [0, 0.05) is 1.43 Å². The van der Waals surface area contributed by atoms with Gasteiger partial charge in [0.2, 0.25) is 0 Å². The van der Waals surface area contributed by atoms with E-state index in [1.54, 1.807) is 0 Å². The molecular formula is C9H20O. The summed E-state index contributed by atoms with van der Waals surface area (Å²) in [6.45, 7) is 4.07. The fraction of sp³-hybridized carbons (Fsp3) is 1.00. The summed E-state index contributed by atoms with van der Waals surface area (Å²) >= 11 is 0. The number of rotatable bonds is 2. The van der Waals surface area contributed by atoms with Crippen LogP contribution in [-0.4, -0.2) is 11.2 Å². The van der Waals surface area contributed by atoms with E-state index in [4.69, 9.17) is 0 Å². The van der Waals surface area contributed by atoms with Crippen molar-refractivity contribution in [2.75, 3.05) is 0 Å². The summed E-state index contributed by atoms with van der Waals surface area (Å²) in [5.74, 6) is 1.32. The first-order valence-electron chi connectivity index (χ1n) is 4.40. The van der Waals surface area contributed by atoms with E-state index in [9.17, 15) is 5.11 Å². The molecule has 0 bridgehead atoms. The summed E-state index contributed by atoms with van der Waals surface area (Å²) in [4.78, 5) is 0. The third-order valence-electron chi connectivity index (χ3n) is 2.90. The second kappa shape index (κ2) is 3.38. The molecule has 62 valence electrons. The molecule has 0 spiro atoms. The van der Waals surface area contributed by atoms with E-state index < -0.39 is 0 Å². The minimum absolute atomic E-state index is 0. The summed E-state index contributed by atoms with van der Waals surface area (Å²) in [5, 5.41) is 9.28. The number of aliphatic hydroxyl groups excluding tert-OH is 1. The Hall–Kier alpha value is -0.0400. The number of hydrogen-bond donors (Lipinski definition) is 1. The summed E-state index contributed by atoms with van der Waals surface area (Å²) < 4.78 is 0. The summed E-state index contributed by atoms with van der Waals surface area (Å²) in [7, 11) is 0. The molecule has 1 N–H and O–H groups in total. The van der Waals surface area contributed by atoms with Gasteiger partial charge < -0.3 is 5.11 Å². The average Bonchev–Trinajstić information content (AvgIpc) is 2.36. The minimum Gasteiger partial charge on any atom is -0.393 e. The van der Waals surface area contributed by atoms with Gasteiger partial charge in [0.15, 0.2) is 0 Å². The summed E-state index contributed by atoms with van der Waals surface area (Å²) in [5.41, 5.74) is 0. The molecule has 1 aliphatic carbocycles. The molecule has 1 fully saturated rings. The lowest BCUT2D eigenvalue weighted by molar-refractivity contribution is 0.100. The maximum Gasteiger partial charge on any atom is 0.0540 e. The number of aliphatic hydroxyl groups is 1. The van der Waals surface area contributed by atoms with Gasteiger partial charge in [0.1, 0.15) is 0 Å². The van der Waals surface area contributed by atoms with E-state index in [1.807, 2.05) is 6.92 Å². The first-order chi connectivity index (χ1) is 4.72. The normalized spacial score (nSPS) is 26.7. The van der Waals surface area contributed by atoms with Gasteiger partial charge in [-0.1, -0.05) is 32.6 Å². The van der Waals surface area contributed by atoms with Crippen LogP contribution in [0, 0.1) is 11.8 Å². The molecule has 0 aliphatic heterocycles. The molecule has 1 aliphatic rings. The molecular weight excluding hydrogens is 124 g/mol. The Kier molecular flexibility index (Phi) is 2.72. The van der Waals surface area contributed by atoms with Crippen molar-refractivity contribution in [3.63, 3.8) is 0 Å². The Bertz CT molecular complexity index is 97.7. The summed E-state index contributed by atoms with van der Waals surface area (Å²) in [6, 6.07) is 0. The van der Waals surface area contributed by atoms with Crippen molar-refractivity contribution >= 4 is 0 Å². The van der Waals surface area contributed by atoms with Crippen molar-refractivity contribution in [3.8, 4) is 0 Å². The predicted octanol–water partition coefficient (Wildman–Crippen LogP) is 2.44. The number of hydrogen-bond acceptors (Lipinski definition) is 1. The van der Waals surface area contributed by atoms with Crippen LogP contribution in [-0.2, 0) is 0 Å². The Labute approximate surface area is 64.9 Å². The van der Waals surface area contributed by atoms with Crippen LogP contribution in [0.3, 0.4) is 0 Å². The van der Waals surface area contributed by atoms with Gasteiger partial charge in [0.05, 0.1) is 6.10 Å². The van der Waals surface area contributed by atoms with Gasteiger partial charge >= 0.3 is 0 Å². The van der Waals surface area contributed by atoms with Gasteiger partial charge in [-0.2, -0.15) is 0 Å². The standard InChI is InChI=1S/C9H18O.H2/c1-7(8(2)10)9-5-3-4-6-9;/h7-10H,3-6H2,1-2H3;1H. The zero-order valence-corrected chi connectivity index (χ0v) is 7.01. The van der Waals surface area contributed by atoms with Crippen molar-refractivity contribution < 1.29 is 6.53 Å². The highest BCUT2D eigenvalue weighted by Crippen LogP contribution is 2.32. The van der Waals surface area contributed by atoms with Crippen molar-refractivity contribution in [2.45, 2.75) is 45.6 Å². The molecule has 1 heteroatoms. The van der Waals surface area contributed by atoms with Crippen molar-refractivity contribution in [1.82, 2.24) is 0 Å². The molecule has 1 rings (SSSR count). The molecule has 0 radical (unpaired) electrons. The molecule has 0 aromatic heterocycles. The fourth-order valence-corrected chi connectivity index (χ4v) is 1.88. The van der Waals surface area contributed by atoms with Crippen LogP contribution in [0.5, 0.6) is 0 Å². The van der Waals surface area contributed by atoms with E-state index in [0.717, 1.165) is 5.92 Å². The molecule has 0 amide bonds. The molecule has 1 saturated carbocycles. The van der Waals surface area contributed by atoms with E-state index >= 15 is 0 Å². The van der Waals surface area contributed by atoms with Crippen LogP contribution in [0.15, 0.2) is 0 Å². The second-order valence-corrected chi connectivity index (χ2v) is 3.64. The molecule has 1 nitrogen and oxygen atoms in total. The highest BCUT2D eigenvalue weighted by atomic mass is 16.3. The molecule has 2 atom stereocenters. The van der Waals surface area contributed by atoms with E-state index in [-0.39, 0.29) is 7.53 Å². The van der Waals surface area contributed by atoms with Crippen LogP contribution in [0.1, 0.15) is 41.0 Å². The van der Waals surface area contributed by atoms with Crippen molar-refractivity contribution in [2.24, 2.45) is 11.8 Å². The smallest absolute Gasteiger partial charge is 0.0540 e. The van der Waals surface area contributed by atoms with Crippen LogP contribution in [0.25, 0.3) is 0 Å². The zero-order chi connectivity index (χ0) is 7.56. The lowest BCUT2D eigenvalue weighted by atomic mass is 9.89. The van der Waals surface area contributed by atoms with Gasteiger partial charge in [0.25, 0.3) is 0 Å². The molecule has 0 heterocycles. The minimum atomic E-state index is -0.108. The first-order valence-corrected chi connectivity index (χ1v) is 4.40. The monoisotopic (exact) mass is 144 g/mol. The maximum atomic E-state index is 9.28. The maximum absolute atomic E-state index is 9.28. The Morgan fingerprint density at radius 1 is 1.30 bits per heavy atom. The van der Waals surface area contributed by atoms with Gasteiger partial charge in [-0.25, -0.2) is 0 Å². The topological polar surface area (TPSA) is 20.2 Å². The Morgan fingerprint density at radius 3 is 2.20 bits per heavy atom. The SMILES string of the molecule is CC(O)C(C)C1CCCC1.[HH]. The van der Waals surface area contributed by atoms with Gasteiger partial charge in [-0.05, 0) is 18.8 Å². The fourth-order valence-electron chi connectivity index (χ4n) is 1.88. The highest BCUT2D eigenvalue weighted by Gasteiger charge is 2.24. The van der Waals surface area contributed by atoms with Gasteiger partial charge in [-0.3, -0.25) is 0 Å². The molecule has 10 heavy (non-hydrogen) atoms. The second-order valence-electron chi connectivity index (χ2n) is 3.64. The van der Waals surface area contributed by atoms with Crippen molar-refractivity contribution in [1.29, 1.82) is 0 Å². The van der Waals surface area contributed by atoms with Gasteiger partial charge in [-0.15, -0.1) is 0 Å². The lowest BCUT2D eigenvalue weighted by Gasteiger charge is -2.21. The quantitative estimate of drug-likeness (QED) is 0.631. The largest absolute Gasteiger partial charge is 0.393 e. The molecule has 2 unspecified atom stereocenters. The first kappa shape index (κ1) is 8.06. The predicted molar refractivity (Wildman–Crippen MR) is 44.9 cm³/mol. The van der Waals surface area contributed by atoms with Crippen LogP contribution >= 0.6 is 0 Å². The van der Waals surface area contributed by atoms with Crippen LogP contribution in [0.4, 0.5) is 0 Å². The lowest BCUT2D eigenvalue weighted by Crippen LogP contribution is -2.20. The Balaban J connectivity index is 0.000001000. The average molecular weight is 144 g/mol. The van der Waals surface area contributed by atoms with Crippen LogP contribution < -0.4 is 0 Å². The third kappa shape index (κ3) is 1.72. The van der Waals surface area contributed by atoms with E-state index in [0.29, 0.717) is 5.92 Å². The third-order valence-corrected chi connectivity index (χ3v) is 2.90. The molecule has 0 aromatic rings. The Morgan fingerprint density at radius 2 is 1.80 bits per heavy atom. The summed E-state index contributed by atoms with van der Waals surface area (Å²) in [6.07, 6.45) is 5.32. The van der Waals surface area contributed by atoms with Crippen molar-refractivity contribution in [3.05, 3.63) is 0 Å². The zero-order valence-electron chi connectivity index (χ0n) is 7.01. The van der Waals surface area contributed by atoms with E-state index in [1.165, 1.54) is 25.7 Å². The molecule has 0 saturated heterocycles. The van der Waals surface area contributed by atoms with Crippen LogP contribution in [0.2, 0.25) is 0 Å². The molecule has 0 aromatic carbocycles.